The molecule has 5 aromatic rings. The lowest BCUT2D eigenvalue weighted by Gasteiger charge is -2.07. The van der Waals surface area contributed by atoms with Gasteiger partial charge in [-0.05, 0) is 66.2 Å². The van der Waals surface area contributed by atoms with Gasteiger partial charge in [0.25, 0.3) is 5.91 Å². The monoisotopic (exact) mass is 502 g/mol. The minimum Gasteiger partial charge on any atom is -0.497 e. The van der Waals surface area contributed by atoms with Crippen LogP contribution in [-0.2, 0) is 6.61 Å². The highest BCUT2D eigenvalue weighted by Gasteiger charge is 2.12. The fourth-order valence-corrected chi connectivity index (χ4v) is 3.84. The summed E-state index contributed by atoms with van der Waals surface area (Å²) in [5.74, 6) is 1.13. The summed E-state index contributed by atoms with van der Waals surface area (Å²) < 4.78 is 12.9. The minimum absolute atomic E-state index is 0.319. The second-order valence-electron chi connectivity index (χ2n) is 8.44. The molecule has 7 nitrogen and oxygen atoms in total. The van der Waals surface area contributed by atoms with Crippen molar-refractivity contribution >= 4 is 12.1 Å². The molecule has 0 fully saturated rings. The summed E-state index contributed by atoms with van der Waals surface area (Å²) in [5, 5.41) is 9.01. The topological polar surface area (TPSA) is 77.7 Å². The van der Waals surface area contributed by atoms with E-state index < -0.39 is 0 Å². The first-order chi connectivity index (χ1) is 18.7. The lowest BCUT2D eigenvalue weighted by atomic mass is 10.1. The number of aromatic nitrogens is 2. The quantitative estimate of drug-likeness (QED) is 0.201. The third kappa shape index (κ3) is 5.96. The highest BCUT2D eigenvalue weighted by Crippen LogP contribution is 2.25. The van der Waals surface area contributed by atoms with Crippen LogP contribution in [0.25, 0.3) is 16.9 Å². The van der Waals surface area contributed by atoms with Crippen molar-refractivity contribution in [2.45, 2.75) is 6.61 Å². The van der Waals surface area contributed by atoms with Gasteiger partial charge in [0.2, 0.25) is 0 Å². The van der Waals surface area contributed by atoms with Crippen LogP contribution in [0.15, 0.2) is 120 Å². The summed E-state index contributed by atoms with van der Waals surface area (Å²) in [7, 11) is 1.58. The Bertz CT molecular complexity index is 1510. The molecule has 7 heteroatoms. The standard InChI is InChI=1S/C31H26N4O3/c1-37-28-16-14-25(15-17-28)31(36)33-32-20-26-21-35(27-10-6-3-7-11-27)34-30(26)24-12-18-29(19-13-24)38-22-23-8-4-2-5-9-23/h2-21H,22H2,1H3,(H,33,36)/b32-20+. The molecular weight excluding hydrogens is 476 g/mol. The number of para-hydroxylation sites is 1. The van der Waals surface area contributed by atoms with Gasteiger partial charge in [0.1, 0.15) is 23.8 Å². The molecule has 188 valence electrons. The third-order valence-electron chi connectivity index (χ3n) is 5.86. The van der Waals surface area contributed by atoms with E-state index in [-0.39, 0.29) is 5.91 Å². The number of carbonyl (C=O) groups excluding carboxylic acids is 1. The van der Waals surface area contributed by atoms with Gasteiger partial charge in [-0.2, -0.15) is 10.2 Å². The van der Waals surface area contributed by atoms with E-state index in [9.17, 15) is 4.79 Å². The molecule has 1 aromatic heterocycles. The number of ether oxygens (including phenoxy) is 2. The van der Waals surface area contributed by atoms with Crippen molar-refractivity contribution in [2.75, 3.05) is 7.11 Å². The number of hydrogen-bond acceptors (Lipinski definition) is 5. The summed E-state index contributed by atoms with van der Waals surface area (Å²) in [6.45, 7) is 0.495. The van der Waals surface area contributed by atoms with Crippen molar-refractivity contribution < 1.29 is 14.3 Å². The van der Waals surface area contributed by atoms with E-state index in [0.29, 0.717) is 17.9 Å². The Labute approximate surface area is 221 Å². The van der Waals surface area contributed by atoms with Gasteiger partial charge in [-0.25, -0.2) is 10.1 Å². The minimum atomic E-state index is -0.319. The van der Waals surface area contributed by atoms with Crippen molar-refractivity contribution in [1.29, 1.82) is 0 Å². The maximum atomic E-state index is 12.5. The number of nitrogens with zero attached hydrogens (tertiary/aromatic N) is 3. The molecule has 1 amide bonds. The average molecular weight is 503 g/mol. The number of amides is 1. The zero-order valence-electron chi connectivity index (χ0n) is 20.8. The molecule has 0 unspecified atom stereocenters. The Morgan fingerprint density at radius 1 is 0.868 bits per heavy atom. The number of rotatable bonds is 9. The molecular formula is C31H26N4O3. The summed E-state index contributed by atoms with van der Waals surface area (Å²) in [6.07, 6.45) is 3.48. The van der Waals surface area contributed by atoms with Crippen molar-refractivity contribution in [3.05, 3.63) is 132 Å². The maximum absolute atomic E-state index is 12.5. The molecule has 4 aromatic carbocycles. The van der Waals surface area contributed by atoms with Gasteiger partial charge in [-0.15, -0.1) is 0 Å². The van der Waals surface area contributed by atoms with Crippen LogP contribution in [0.2, 0.25) is 0 Å². The van der Waals surface area contributed by atoms with Crippen molar-refractivity contribution in [2.24, 2.45) is 5.10 Å². The molecule has 0 aliphatic carbocycles. The molecule has 0 bridgehead atoms. The van der Waals surface area contributed by atoms with Crippen molar-refractivity contribution in [3.8, 4) is 28.4 Å². The van der Waals surface area contributed by atoms with E-state index in [1.54, 1.807) is 42.3 Å². The number of benzene rings is 4. The maximum Gasteiger partial charge on any atom is 0.271 e. The lowest BCUT2D eigenvalue weighted by molar-refractivity contribution is 0.0955. The molecule has 0 atom stereocenters. The molecule has 0 saturated carbocycles. The molecule has 0 aliphatic rings. The van der Waals surface area contributed by atoms with Gasteiger partial charge in [0, 0.05) is 22.9 Å². The van der Waals surface area contributed by atoms with Crippen LogP contribution >= 0.6 is 0 Å². The van der Waals surface area contributed by atoms with Gasteiger partial charge >= 0.3 is 0 Å². The van der Waals surface area contributed by atoms with Crippen molar-refractivity contribution in [1.82, 2.24) is 15.2 Å². The van der Waals surface area contributed by atoms with Crippen molar-refractivity contribution in [3.63, 3.8) is 0 Å². The van der Waals surface area contributed by atoms with Gasteiger partial charge < -0.3 is 9.47 Å². The Morgan fingerprint density at radius 2 is 1.53 bits per heavy atom. The molecule has 1 heterocycles. The first kappa shape index (κ1) is 24.5. The van der Waals surface area contributed by atoms with E-state index >= 15 is 0 Å². The Kier molecular flexibility index (Phi) is 7.56. The fourth-order valence-electron chi connectivity index (χ4n) is 3.84. The Balaban J connectivity index is 1.35. The smallest absolute Gasteiger partial charge is 0.271 e. The van der Waals surface area contributed by atoms with Gasteiger partial charge in [0.15, 0.2) is 0 Å². The zero-order chi connectivity index (χ0) is 26.2. The first-order valence-electron chi connectivity index (χ1n) is 12.1. The first-order valence-corrected chi connectivity index (χ1v) is 12.1. The number of hydrazone groups is 1. The van der Waals surface area contributed by atoms with Crippen LogP contribution in [0, 0.1) is 0 Å². The SMILES string of the molecule is COc1ccc(C(=O)N/N=C/c2cn(-c3ccccc3)nc2-c2ccc(OCc3ccccc3)cc2)cc1. The van der Waals surface area contributed by atoms with E-state index in [0.717, 1.165) is 33.8 Å². The number of nitrogens with one attached hydrogen (secondary N) is 1. The summed E-state index contributed by atoms with van der Waals surface area (Å²) in [6, 6.07) is 34.5. The second-order valence-corrected chi connectivity index (χ2v) is 8.44. The van der Waals surface area contributed by atoms with Crippen LogP contribution < -0.4 is 14.9 Å². The van der Waals surface area contributed by atoms with E-state index in [4.69, 9.17) is 14.6 Å². The van der Waals surface area contributed by atoms with E-state index in [1.165, 1.54) is 0 Å². The molecule has 38 heavy (non-hydrogen) atoms. The highest BCUT2D eigenvalue weighted by molar-refractivity contribution is 5.95. The molecule has 5 rings (SSSR count). The predicted molar refractivity (Wildman–Crippen MR) is 148 cm³/mol. The second kappa shape index (κ2) is 11.7. The number of methoxy groups -OCH3 is 1. The molecule has 1 N–H and O–H groups in total. The van der Waals surface area contributed by atoms with Crippen LogP contribution in [0.3, 0.4) is 0 Å². The summed E-state index contributed by atoms with van der Waals surface area (Å²) in [4.78, 5) is 12.5. The molecule has 0 aliphatic heterocycles. The molecule has 0 spiro atoms. The Hall–Kier alpha value is -5.17. The fraction of sp³-hybridized carbons (Fsp3) is 0.0645. The van der Waals surface area contributed by atoms with Crippen LogP contribution in [-0.4, -0.2) is 29.0 Å². The van der Waals surface area contributed by atoms with Crippen LogP contribution in [0.5, 0.6) is 11.5 Å². The van der Waals surface area contributed by atoms with Gasteiger partial charge in [0.05, 0.1) is 19.0 Å². The van der Waals surface area contributed by atoms with Gasteiger partial charge in [-0.3, -0.25) is 4.79 Å². The van der Waals surface area contributed by atoms with Crippen LogP contribution in [0.1, 0.15) is 21.5 Å². The predicted octanol–water partition coefficient (Wildman–Crippen LogP) is 5.89. The largest absolute Gasteiger partial charge is 0.497 e. The summed E-state index contributed by atoms with van der Waals surface area (Å²) in [5.41, 5.74) is 7.46. The lowest BCUT2D eigenvalue weighted by Crippen LogP contribution is -2.17. The molecule has 0 saturated heterocycles. The zero-order valence-corrected chi connectivity index (χ0v) is 20.8. The van der Waals surface area contributed by atoms with Crippen LogP contribution in [0.4, 0.5) is 0 Å². The van der Waals surface area contributed by atoms with E-state index in [1.807, 2.05) is 91.1 Å². The Morgan fingerprint density at radius 3 is 2.21 bits per heavy atom. The number of carbonyl (C=O) groups is 1. The summed E-state index contributed by atoms with van der Waals surface area (Å²) >= 11 is 0. The van der Waals surface area contributed by atoms with Gasteiger partial charge in [-0.1, -0.05) is 48.5 Å². The highest BCUT2D eigenvalue weighted by atomic mass is 16.5. The number of hydrogen-bond donors (Lipinski definition) is 1. The third-order valence-corrected chi connectivity index (χ3v) is 5.86. The normalized spacial score (nSPS) is 10.9. The van der Waals surface area contributed by atoms with E-state index in [2.05, 4.69) is 10.5 Å². The molecule has 0 radical (unpaired) electrons. The average Bonchev–Trinajstić information content (AvgIpc) is 3.41.